The van der Waals surface area contributed by atoms with Gasteiger partial charge < -0.3 is 0 Å². The van der Waals surface area contributed by atoms with Gasteiger partial charge in [-0.1, -0.05) is 19.1 Å². The van der Waals surface area contributed by atoms with Crippen LogP contribution >= 0.6 is 11.3 Å². The van der Waals surface area contributed by atoms with E-state index in [1.165, 1.54) is 40.7 Å². The summed E-state index contributed by atoms with van der Waals surface area (Å²) in [5.74, 6) is -0.264. The Morgan fingerprint density at radius 1 is 1.28 bits per heavy atom. The summed E-state index contributed by atoms with van der Waals surface area (Å²) in [6, 6.07) is 5.01. The van der Waals surface area contributed by atoms with Crippen molar-refractivity contribution in [3.05, 3.63) is 71.4 Å². The number of benzene rings is 1. The fraction of sp³-hybridized carbons (Fsp3) is 0.158. The van der Waals surface area contributed by atoms with Crippen molar-refractivity contribution in [3.8, 4) is 16.4 Å². The highest BCUT2D eigenvalue weighted by molar-refractivity contribution is 7.12. The third kappa shape index (κ3) is 3.58. The lowest BCUT2D eigenvalue weighted by Crippen LogP contribution is -2.12. The smallest absolute Gasteiger partial charge is 0.272 e. The van der Waals surface area contributed by atoms with Crippen molar-refractivity contribution in [3.63, 3.8) is 0 Å². The molecule has 3 aromatic heterocycles. The average Bonchev–Trinajstić information content (AvgIpc) is 3.46. The maximum Gasteiger partial charge on any atom is 0.416 e. The molecule has 0 aliphatic rings. The number of carbonyl (C=O) groups is 1. The maximum absolute atomic E-state index is 13.0. The summed E-state index contributed by atoms with van der Waals surface area (Å²) in [6.45, 7) is 1.89. The zero-order valence-corrected chi connectivity index (χ0v) is 15.9. The highest BCUT2D eigenvalue weighted by atomic mass is 32.1. The fourth-order valence-corrected chi connectivity index (χ4v) is 3.74. The summed E-state index contributed by atoms with van der Waals surface area (Å²) in [4.78, 5) is 21.0. The van der Waals surface area contributed by atoms with E-state index in [0.29, 0.717) is 34.1 Å². The van der Waals surface area contributed by atoms with Crippen LogP contribution in [0.2, 0.25) is 0 Å². The first-order valence-corrected chi connectivity index (χ1v) is 9.49. The predicted octanol–water partition coefficient (Wildman–Crippen LogP) is 4.46. The summed E-state index contributed by atoms with van der Waals surface area (Å²) in [6.07, 6.45) is 2.04. The molecule has 4 rings (SSSR count). The molecule has 0 unspecified atom stereocenters. The molecule has 0 radical (unpaired) electrons. The Morgan fingerprint density at radius 2 is 2.10 bits per heavy atom. The van der Waals surface area contributed by atoms with Crippen molar-refractivity contribution < 1.29 is 18.0 Å². The molecular weight excluding hydrogens is 403 g/mol. The lowest BCUT2D eigenvalue weighted by Gasteiger charge is -2.07. The number of hydrogen-bond acceptors (Lipinski definition) is 5. The molecule has 4 aromatic rings. The van der Waals surface area contributed by atoms with Crippen LogP contribution in [-0.2, 0) is 12.6 Å². The number of alkyl halides is 3. The highest BCUT2D eigenvalue weighted by Crippen LogP contribution is 2.33. The van der Waals surface area contributed by atoms with Crippen LogP contribution in [-0.4, -0.2) is 30.2 Å². The van der Waals surface area contributed by atoms with Crippen molar-refractivity contribution in [2.45, 2.75) is 19.5 Å². The SMILES string of the molecule is CCc1c(C(=O)n2ccnc2)cnn1-c1nc(-c2cccc(C(F)(F)F)c2)cs1. The molecule has 0 aliphatic heterocycles. The maximum atomic E-state index is 13.0. The van der Waals surface area contributed by atoms with E-state index in [1.54, 1.807) is 22.3 Å². The number of rotatable bonds is 4. The number of hydrogen-bond donors (Lipinski definition) is 0. The Morgan fingerprint density at radius 3 is 2.79 bits per heavy atom. The largest absolute Gasteiger partial charge is 0.416 e. The van der Waals surface area contributed by atoms with Gasteiger partial charge in [0.2, 0.25) is 5.13 Å². The Labute approximate surface area is 167 Å². The molecular formula is C19H14F3N5OS. The van der Waals surface area contributed by atoms with Crippen molar-refractivity contribution in [2.24, 2.45) is 0 Å². The average molecular weight is 417 g/mol. The molecule has 148 valence electrons. The molecule has 3 heterocycles. The van der Waals surface area contributed by atoms with Gasteiger partial charge in [0, 0.05) is 23.3 Å². The van der Waals surface area contributed by atoms with E-state index >= 15 is 0 Å². The monoisotopic (exact) mass is 417 g/mol. The molecule has 0 spiro atoms. The van der Waals surface area contributed by atoms with Gasteiger partial charge in [-0.25, -0.2) is 14.6 Å². The molecule has 0 saturated heterocycles. The quantitative estimate of drug-likeness (QED) is 0.492. The summed E-state index contributed by atoms with van der Waals surface area (Å²) in [7, 11) is 0. The summed E-state index contributed by atoms with van der Waals surface area (Å²) in [5.41, 5.74) is 1.12. The molecule has 10 heteroatoms. The molecule has 1 aromatic carbocycles. The summed E-state index contributed by atoms with van der Waals surface area (Å²) >= 11 is 1.24. The first-order chi connectivity index (χ1) is 13.9. The van der Waals surface area contributed by atoms with Gasteiger partial charge in [0.05, 0.1) is 28.7 Å². The van der Waals surface area contributed by atoms with Crippen molar-refractivity contribution in [1.29, 1.82) is 0 Å². The zero-order chi connectivity index (χ0) is 20.6. The molecule has 0 N–H and O–H groups in total. The number of aromatic nitrogens is 5. The van der Waals surface area contributed by atoms with Gasteiger partial charge in [-0.3, -0.25) is 9.36 Å². The van der Waals surface area contributed by atoms with Crippen LogP contribution in [0.1, 0.15) is 28.5 Å². The van der Waals surface area contributed by atoms with Crippen LogP contribution in [0, 0.1) is 0 Å². The van der Waals surface area contributed by atoms with Gasteiger partial charge in [0.1, 0.15) is 6.33 Å². The number of thiazole rings is 1. The minimum atomic E-state index is -4.42. The number of nitrogens with zero attached hydrogens (tertiary/aromatic N) is 5. The van der Waals surface area contributed by atoms with E-state index in [2.05, 4.69) is 15.1 Å². The van der Waals surface area contributed by atoms with Crippen LogP contribution in [0.25, 0.3) is 16.4 Å². The van der Waals surface area contributed by atoms with Gasteiger partial charge in [0.15, 0.2) is 0 Å². The van der Waals surface area contributed by atoms with Gasteiger partial charge in [0.25, 0.3) is 5.91 Å². The third-order valence-electron chi connectivity index (χ3n) is 4.33. The second kappa shape index (κ2) is 7.28. The zero-order valence-electron chi connectivity index (χ0n) is 15.1. The molecule has 0 amide bonds. The van der Waals surface area contributed by atoms with Crippen molar-refractivity contribution >= 4 is 17.2 Å². The molecule has 0 saturated carbocycles. The Kier molecular flexibility index (Phi) is 4.79. The van der Waals surface area contributed by atoms with E-state index < -0.39 is 11.7 Å². The number of imidazole rings is 1. The van der Waals surface area contributed by atoms with E-state index in [9.17, 15) is 18.0 Å². The minimum absolute atomic E-state index is 0.264. The van der Waals surface area contributed by atoms with E-state index in [-0.39, 0.29) is 5.91 Å². The van der Waals surface area contributed by atoms with Crippen LogP contribution in [0.15, 0.2) is 54.6 Å². The number of halogens is 3. The van der Waals surface area contributed by atoms with Crippen molar-refractivity contribution in [1.82, 2.24) is 24.3 Å². The van der Waals surface area contributed by atoms with Gasteiger partial charge >= 0.3 is 6.18 Å². The van der Waals surface area contributed by atoms with Gasteiger partial charge in [-0.05, 0) is 18.6 Å². The third-order valence-corrected chi connectivity index (χ3v) is 5.15. The van der Waals surface area contributed by atoms with Gasteiger partial charge in [-0.15, -0.1) is 11.3 Å². The standard InChI is InChI=1S/C19H14F3N5OS/c1-2-16-14(17(28)26-7-6-23-11-26)9-24-27(16)18-25-15(10-29-18)12-4-3-5-13(8-12)19(20,21)22/h3-11H,2H2,1H3. The second-order valence-electron chi connectivity index (χ2n) is 6.14. The van der Waals surface area contributed by atoms with Crippen LogP contribution in [0.5, 0.6) is 0 Å². The van der Waals surface area contributed by atoms with Crippen LogP contribution in [0.4, 0.5) is 13.2 Å². The first kappa shape index (κ1) is 19.1. The highest BCUT2D eigenvalue weighted by Gasteiger charge is 2.30. The number of carbonyl (C=O) groups excluding carboxylic acids is 1. The van der Waals surface area contributed by atoms with E-state index in [4.69, 9.17) is 0 Å². The normalized spacial score (nSPS) is 11.7. The Hall–Kier alpha value is -3.27. The van der Waals surface area contributed by atoms with E-state index in [1.807, 2.05) is 6.92 Å². The molecule has 6 nitrogen and oxygen atoms in total. The fourth-order valence-electron chi connectivity index (χ4n) is 2.92. The molecule has 29 heavy (non-hydrogen) atoms. The van der Waals surface area contributed by atoms with E-state index in [0.717, 1.165) is 12.1 Å². The minimum Gasteiger partial charge on any atom is -0.272 e. The summed E-state index contributed by atoms with van der Waals surface area (Å²) < 4.78 is 41.8. The van der Waals surface area contributed by atoms with Gasteiger partial charge in [-0.2, -0.15) is 18.3 Å². The predicted molar refractivity (Wildman–Crippen MR) is 101 cm³/mol. The van der Waals surface area contributed by atoms with Crippen molar-refractivity contribution in [2.75, 3.05) is 0 Å². The Bertz CT molecular complexity index is 1160. The summed E-state index contributed by atoms with van der Waals surface area (Å²) in [5, 5.41) is 6.42. The molecule has 0 fully saturated rings. The molecule has 0 aliphatic carbocycles. The molecule has 0 atom stereocenters. The second-order valence-corrected chi connectivity index (χ2v) is 6.98. The topological polar surface area (TPSA) is 65.6 Å². The lowest BCUT2D eigenvalue weighted by atomic mass is 10.1. The Balaban J connectivity index is 1.70. The molecule has 0 bridgehead atoms. The first-order valence-electron chi connectivity index (χ1n) is 8.61. The van der Waals surface area contributed by atoms with Crippen LogP contribution in [0.3, 0.4) is 0 Å². The lowest BCUT2D eigenvalue weighted by molar-refractivity contribution is -0.137. The van der Waals surface area contributed by atoms with Crippen LogP contribution < -0.4 is 0 Å².